The fourth-order valence-corrected chi connectivity index (χ4v) is 2.16. The van der Waals surface area contributed by atoms with E-state index in [0.717, 1.165) is 24.4 Å². The van der Waals surface area contributed by atoms with Crippen LogP contribution in [-0.2, 0) is 11.4 Å². The molecular formula is C18H16F2N4O2. The lowest BCUT2D eigenvalue weighted by Gasteiger charge is -2.07. The summed E-state index contributed by atoms with van der Waals surface area (Å²) in [5.41, 5.74) is 6.45. The molecule has 0 aliphatic heterocycles. The summed E-state index contributed by atoms with van der Waals surface area (Å²) >= 11 is 0. The molecule has 2 aromatic rings. The zero-order chi connectivity index (χ0) is 19.1. The van der Waals surface area contributed by atoms with E-state index in [1.54, 1.807) is 6.07 Å². The van der Waals surface area contributed by atoms with E-state index in [-0.39, 0.29) is 11.3 Å². The molecule has 1 amide bonds. The Balaban J connectivity index is 2.21. The fourth-order valence-electron chi connectivity index (χ4n) is 2.16. The number of nitrogens with two attached hydrogens (primary N) is 1. The maximum atomic E-state index is 13.8. The Bertz CT molecular complexity index is 895. The lowest BCUT2D eigenvalue weighted by Crippen LogP contribution is -2.10. The molecule has 5 N–H and O–H groups in total. The van der Waals surface area contributed by atoms with Crippen molar-refractivity contribution < 1.29 is 18.7 Å². The van der Waals surface area contributed by atoms with Crippen molar-refractivity contribution in [3.63, 3.8) is 0 Å². The maximum Gasteiger partial charge on any atom is 0.248 e. The van der Waals surface area contributed by atoms with Gasteiger partial charge in [-0.15, -0.1) is 0 Å². The molecule has 6 nitrogen and oxygen atoms in total. The summed E-state index contributed by atoms with van der Waals surface area (Å²) in [4.78, 5) is 15.9. The number of anilines is 1. The number of halogens is 2. The second-order valence-electron chi connectivity index (χ2n) is 5.13. The van der Waals surface area contributed by atoms with Gasteiger partial charge in [-0.05, 0) is 23.8 Å². The molecule has 26 heavy (non-hydrogen) atoms. The van der Waals surface area contributed by atoms with E-state index in [0.29, 0.717) is 16.7 Å². The molecule has 1 aromatic carbocycles. The van der Waals surface area contributed by atoms with Gasteiger partial charge in [0.05, 0.1) is 12.3 Å². The van der Waals surface area contributed by atoms with Gasteiger partial charge in [-0.25, -0.2) is 8.78 Å². The lowest BCUT2D eigenvalue weighted by molar-refractivity contribution is -0.111. The van der Waals surface area contributed by atoms with Gasteiger partial charge in [-0.3, -0.25) is 9.78 Å². The van der Waals surface area contributed by atoms with Crippen LogP contribution in [0.2, 0.25) is 0 Å². The third-order valence-corrected chi connectivity index (χ3v) is 3.48. The number of aliphatic hydroxyl groups is 1. The van der Waals surface area contributed by atoms with Gasteiger partial charge in [0.15, 0.2) is 0 Å². The first-order valence-electron chi connectivity index (χ1n) is 7.44. The predicted octanol–water partition coefficient (Wildman–Crippen LogP) is 2.45. The van der Waals surface area contributed by atoms with Crippen LogP contribution in [0.3, 0.4) is 0 Å². The molecule has 0 spiro atoms. The van der Waals surface area contributed by atoms with Crippen molar-refractivity contribution in [3.05, 3.63) is 71.2 Å². The molecule has 0 radical (unpaired) electrons. The molecule has 0 atom stereocenters. The van der Waals surface area contributed by atoms with Crippen LogP contribution in [0, 0.1) is 17.0 Å². The number of rotatable bonds is 6. The molecule has 0 saturated carbocycles. The smallest absolute Gasteiger partial charge is 0.248 e. The van der Waals surface area contributed by atoms with Gasteiger partial charge in [-0.2, -0.15) is 0 Å². The third kappa shape index (κ3) is 4.37. The summed E-state index contributed by atoms with van der Waals surface area (Å²) in [6, 6.07) is 3.24. The highest BCUT2D eigenvalue weighted by molar-refractivity contribution is 6.10. The highest BCUT2D eigenvalue weighted by Gasteiger charge is 2.11. The molecule has 0 aliphatic rings. The van der Waals surface area contributed by atoms with Gasteiger partial charge in [0.2, 0.25) is 5.91 Å². The minimum absolute atomic E-state index is 0.205. The molecule has 2 rings (SSSR count). The standard InChI is InChI=1S/C18H16F2N4O2/c19-15-6-17(16(20)5-12(15)10-25)24-18(26)2-1-11-9-23-4-3-14(11)13(7-21)8-22/h1-9,21,25H,10,22H2,(H,24,26)/b2-1+,13-8?,21-7?. The van der Waals surface area contributed by atoms with Crippen molar-refractivity contribution in [1.29, 1.82) is 5.41 Å². The number of allylic oxidation sites excluding steroid dienone is 1. The van der Waals surface area contributed by atoms with Crippen LogP contribution in [0.5, 0.6) is 0 Å². The second kappa shape index (κ2) is 8.63. The predicted molar refractivity (Wildman–Crippen MR) is 95.1 cm³/mol. The Hall–Kier alpha value is -3.39. The van der Waals surface area contributed by atoms with Crippen LogP contribution < -0.4 is 11.1 Å². The van der Waals surface area contributed by atoms with E-state index in [4.69, 9.17) is 16.2 Å². The van der Waals surface area contributed by atoms with E-state index in [1.807, 2.05) is 0 Å². The quantitative estimate of drug-likeness (QED) is 0.469. The minimum atomic E-state index is -0.864. The van der Waals surface area contributed by atoms with Crippen molar-refractivity contribution in [1.82, 2.24) is 4.98 Å². The molecular weight excluding hydrogens is 342 g/mol. The van der Waals surface area contributed by atoms with Crippen molar-refractivity contribution in [2.24, 2.45) is 5.73 Å². The lowest BCUT2D eigenvalue weighted by atomic mass is 10.0. The van der Waals surface area contributed by atoms with E-state index in [1.165, 1.54) is 24.7 Å². The Labute approximate surface area is 148 Å². The van der Waals surface area contributed by atoms with Crippen molar-refractivity contribution in [2.75, 3.05) is 5.32 Å². The van der Waals surface area contributed by atoms with Crippen LogP contribution in [-0.4, -0.2) is 22.2 Å². The molecule has 0 fully saturated rings. The van der Waals surface area contributed by atoms with Crippen molar-refractivity contribution in [3.8, 4) is 0 Å². The number of hydrogen-bond acceptors (Lipinski definition) is 5. The zero-order valence-corrected chi connectivity index (χ0v) is 13.5. The van der Waals surface area contributed by atoms with E-state index in [9.17, 15) is 13.6 Å². The summed E-state index contributed by atoms with van der Waals surface area (Å²) in [7, 11) is 0. The summed E-state index contributed by atoms with van der Waals surface area (Å²) < 4.78 is 27.4. The maximum absolute atomic E-state index is 13.8. The first kappa shape index (κ1) is 18.9. The van der Waals surface area contributed by atoms with Crippen LogP contribution in [0.25, 0.3) is 11.6 Å². The second-order valence-corrected chi connectivity index (χ2v) is 5.13. The molecule has 0 bridgehead atoms. The third-order valence-electron chi connectivity index (χ3n) is 3.48. The van der Waals surface area contributed by atoms with Gasteiger partial charge in [-0.1, -0.05) is 0 Å². The van der Waals surface area contributed by atoms with Gasteiger partial charge < -0.3 is 21.6 Å². The number of carbonyl (C=O) groups excluding carboxylic acids is 1. The molecule has 0 aliphatic carbocycles. The number of hydrogen-bond donors (Lipinski definition) is 4. The molecule has 134 valence electrons. The number of aromatic nitrogens is 1. The van der Waals surface area contributed by atoms with E-state index < -0.39 is 24.1 Å². The summed E-state index contributed by atoms with van der Waals surface area (Å²) in [5.74, 6) is -2.38. The zero-order valence-electron chi connectivity index (χ0n) is 13.5. The summed E-state index contributed by atoms with van der Waals surface area (Å²) in [6.45, 7) is -0.648. The largest absolute Gasteiger partial charge is 0.404 e. The normalized spacial score (nSPS) is 11.6. The monoisotopic (exact) mass is 358 g/mol. The number of nitrogens with zero attached hydrogens (tertiary/aromatic N) is 1. The Kier molecular flexibility index (Phi) is 6.29. The SMILES string of the molecule is N=CC(=CN)c1ccncc1/C=C/C(=O)Nc1cc(F)c(CO)cc1F. The highest BCUT2D eigenvalue weighted by Crippen LogP contribution is 2.20. The van der Waals surface area contributed by atoms with E-state index in [2.05, 4.69) is 10.3 Å². The first-order chi connectivity index (χ1) is 12.5. The Morgan fingerprint density at radius 1 is 1.35 bits per heavy atom. The van der Waals surface area contributed by atoms with Crippen LogP contribution in [0.4, 0.5) is 14.5 Å². The van der Waals surface area contributed by atoms with Crippen LogP contribution >= 0.6 is 0 Å². The van der Waals surface area contributed by atoms with Crippen LogP contribution in [0.1, 0.15) is 16.7 Å². The number of aliphatic hydroxyl groups excluding tert-OH is 1. The Morgan fingerprint density at radius 2 is 2.12 bits per heavy atom. The van der Waals surface area contributed by atoms with Crippen molar-refractivity contribution in [2.45, 2.75) is 6.61 Å². The topological polar surface area (TPSA) is 112 Å². The van der Waals surface area contributed by atoms with Gasteiger partial charge >= 0.3 is 0 Å². The van der Waals surface area contributed by atoms with Gasteiger partial charge in [0, 0.05) is 53.7 Å². The highest BCUT2D eigenvalue weighted by atomic mass is 19.1. The molecule has 0 unspecified atom stereocenters. The van der Waals surface area contributed by atoms with Crippen LogP contribution in [0.15, 0.2) is 42.9 Å². The van der Waals surface area contributed by atoms with Gasteiger partial charge in [0.1, 0.15) is 11.6 Å². The van der Waals surface area contributed by atoms with E-state index >= 15 is 0 Å². The molecule has 1 aromatic heterocycles. The Morgan fingerprint density at radius 3 is 2.77 bits per heavy atom. The fraction of sp³-hybridized carbons (Fsp3) is 0.0556. The summed E-state index contributed by atoms with van der Waals surface area (Å²) in [6.07, 6.45) is 7.84. The molecule has 0 saturated heterocycles. The average Bonchev–Trinajstić information content (AvgIpc) is 2.64. The van der Waals surface area contributed by atoms with Gasteiger partial charge in [0.25, 0.3) is 0 Å². The number of carbonyl (C=O) groups is 1. The number of nitrogens with one attached hydrogen (secondary N) is 2. The molecule has 1 heterocycles. The minimum Gasteiger partial charge on any atom is -0.404 e. The average molecular weight is 358 g/mol. The number of amides is 1. The van der Waals surface area contributed by atoms with Crippen molar-refractivity contribution >= 4 is 29.5 Å². The number of pyridine rings is 1. The first-order valence-corrected chi connectivity index (χ1v) is 7.44. The number of benzene rings is 1. The molecule has 8 heteroatoms. The summed E-state index contributed by atoms with van der Waals surface area (Å²) in [5, 5.41) is 18.5.